The number of benzene rings is 1. The number of carbonyl (C=O) groups excluding carboxylic acids is 2. The van der Waals surface area contributed by atoms with E-state index in [1.54, 1.807) is 12.1 Å². The summed E-state index contributed by atoms with van der Waals surface area (Å²) in [6, 6.07) is 6.20. The fourth-order valence-electron chi connectivity index (χ4n) is 2.54. The molecule has 1 heterocycles. The molecule has 1 aliphatic rings. The van der Waals surface area contributed by atoms with Gasteiger partial charge in [-0.15, -0.1) is 0 Å². The molecule has 1 amide bonds. The third kappa shape index (κ3) is 6.95. The molecule has 9 heteroatoms. The number of ether oxygens (including phenoxy) is 2. The lowest BCUT2D eigenvalue weighted by molar-refractivity contribution is -0.144. The summed E-state index contributed by atoms with van der Waals surface area (Å²) in [4.78, 5) is 23.8. The highest BCUT2D eigenvalue weighted by Crippen LogP contribution is 2.18. The number of esters is 1. The van der Waals surface area contributed by atoms with Gasteiger partial charge >= 0.3 is 5.97 Å². The summed E-state index contributed by atoms with van der Waals surface area (Å²) in [5, 5.41) is 2.77. The fraction of sp³-hybridized carbons (Fsp3) is 0.500. The SMILES string of the molecule is CCC(C)(C)NC(=O)COC(=O)/C=C/c1ccc(S(=O)(=O)N2CCOCC2)cc1. The van der Waals surface area contributed by atoms with Crippen LogP contribution in [-0.2, 0) is 29.1 Å². The number of hydrogen-bond acceptors (Lipinski definition) is 6. The Bertz CT molecular complexity index is 840. The van der Waals surface area contributed by atoms with Crippen molar-refractivity contribution < 1.29 is 27.5 Å². The Balaban J connectivity index is 1.89. The molecule has 1 aromatic rings. The van der Waals surface area contributed by atoms with Crippen LogP contribution < -0.4 is 5.32 Å². The third-order valence-corrected chi connectivity index (χ3v) is 6.52. The van der Waals surface area contributed by atoms with E-state index in [2.05, 4.69) is 5.32 Å². The predicted molar refractivity (Wildman–Crippen MR) is 109 cm³/mol. The molecule has 1 N–H and O–H groups in total. The molecular formula is C20H28N2O6S. The average Bonchev–Trinajstić information content (AvgIpc) is 2.71. The molecule has 29 heavy (non-hydrogen) atoms. The number of morpholine rings is 1. The summed E-state index contributed by atoms with van der Waals surface area (Å²) >= 11 is 0. The van der Waals surface area contributed by atoms with Crippen LogP contribution in [0.2, 0.25) is 0 Å². The lowest BCUT2D eigenvalue weighted by Gasteiger charge is -2.26. The Hall–Kier alpha value is -2.23. The second-order valence-electron chi connectivity index (χ2n) is 7.31. The molecule has 160 valence electrons. The molecular weight excluding hydrogens is 396 g/mol. The summed E-state index contributed by atoms with van der Waals surface area (Å²) in [5.41, 5.74) is 0.280. The molecule has 0 spiro atoms. The van der Waals surface area contributed by atoms with Crippen molar-refractivity contribution in [2.45, 2.75) is 37.6 Å². The zero-order valence-corrected chi connectivity index (χ0v) is 17.8. The predicted octanol–water partition coefficient (Wildman–Crippen LogP) is 1.57. The van der Waals surface area contributed by atoms with Gasteiger partial charge in [-0.25, -0.2) is 13.2 Å². The molecule has 1 saturated heterocycles. The maximum Gasteiger partial charge on any atom is 0.331 e. The lowest BCUT2D eigenvalue weighted by Crippen LogP contribution is -2.44. The number of carbonyl (C=O) groups is 2. The van der Waals surface area contributed by atoms with Crippen molar-refractivity contribution >= 4 is 28.0 Å². The molecule has 0 saturated carbocycles. The molecule has 0 aliphatic carbocycles. The van der Waals surface area contributed by atoms with Crippen LogP contribution in [0.4, 0.5) is 0 Å². The van der Waals surface area contributed by atoms with Crippen molar-refractivity contribution in [3.63, 3.8) is 0 Å². The summed E-state index contributed by atoms with van der Waals surface area (Å²) in [6.45, 7) is 6.80. The second kappa shape index (κ2) is 10.00. The number of amides is 1. The fourth-order valence-corrected chi connectivity index (χ4v) is 3.95. The van der Waals surface area contributed by atoms with Crippen LogP contribution in [-0.4, -0.2) is 63.0 Å². The highest BCUT2D eigenvalue weighted by atomic mass is 32.2. The molecule has 0 bridgehead atoms. The van der Waals surface area contributed by atoms with Gasteiger partial charge in [0.1, 0.15) is 0 Å². The quantitative estimate of drug-likeness (QED) is 0.502. The van der Waals surface area contributed by atoms with E-state index in [1.165, 1.54) is 28.6 Å². The normalized spacial score (nSPS) is 16.0. The number of nitrogens with one attached hydrogen (secondary N) is 1. The zero-order valence-electron chi connectivity index (χ0n) is 17.0. The first-order valence-corrected chi connectivity index (χ1v) is 10.9. The molecule has 2 rings (SSSR count). The van der Waals surface area contributed by atoms with E-state index in [-0.39, 0.29) is 22.9 Å². The van der Waals surface area contributed by atoms with Gasteiger partial charge in [-0.2, -0.15) is 4.31 Å². The van der Waals surface area contributed by atoms with E-state index in [4.69, 9.17) is 9.47 Å². The van der Waals surface area contributed by atoms with Gasteiger partial charge in [0.2, 0.25) is 10.0 Å². The highest BCUT2D eigenvalue weighted by molar-refractivity contribution is 7.89. The minimum atomic E-state index is -3.55. The van der Waals surface area contributed by atoms with Gasteiger partial charge in [0.25, 0.3) is 5.91 Å². The van der Waals surface area contributed by atoms with Gasteiger partial charge < -0.3 is 14.8 Å². The van der Waals surface area contributed by atoms with Crippen molar-refractivity contribution in [2.75, 3.05) is 32.9 Å². The molecule has 1 aliphatic heterocycles. The summed E-state index contributed by atoms with van der Waals surface area (Å²) < 4.78 is 36.6. The third-order valence-electron chi connectivity index (χ3n) is 4.61. The standard InChI is InChI=1S/C20H28N2O6S/c1-4-20(2,3)21-18(23)15-28-19(24)10-7-16-5-8-17(9-6-16)29(25,26)22-11-13-27-14-12-22/h5-10H,4,11-15H2,1-3H3,(H,21,23)/b10-7+. The van der Waals surface area contributed by atoms with E-state index < -0.39 is 16.0 Å². The largest absolute Gasteiger partial charge is 0.452 e. The first-order valence-electron chi connectivity index (χ1n) is 9.48. The van der Waals surface area contributed by atoms with E-state index in [0.717, 1.165) is 6.42 Å². The minimum absolute atomic E-state index is 0.189. The lowest BCUT2D eigenvalue weighted by atomic mass is 10.0. The Morgan fingerprint density at radius 2 is 1.83 bits per heavy atom. The molecule has 0 radical (unpaired) electrons. The van der Waals surface area contributed by atoms with Crippen LogP contribution in [0, 0.1) is 0 Å². The molecule has 1 fully saturated rings. The van der Waals surface area contributed by atoms with Crippen molar-refractivity contribution in [3.8, 4) is 0 Å². The van der Waals surface area contributed by atoms with Gasteiger partial charge in [-0.05, 0) is 44.0 Å². The van der Waals surface area contributed by atoms with E-state index in [1.807, 2.05) is 20.8 Å². The van der Waals surface area contributed by atoms with Gasteiger partial charge in [0.15, 0.2) is 6.61 Å². The van der Waals surface area contributed by atoms with Gasteiger partial charge in [0, 0.05) is 24.7 Å². The number of hydrogen-bond donors (Lipinski definition) is 1. The highest BCUT2D eigenvalue weighted by Gasteiger charge is 2.26. The van der Waals surface area contributed by atoms with E-state index >= 15 is 0 Å². The monoisotopic (exact) mass is 424 g/mol. The zero-order chi connectivity index (χ0) is 21.5. The Labute approximate surface area is 171 Å². The number of sulfonamides is 1. The topological polar surface area (TPSA) is 102 Å². The minimum Gasteiger partial charge on any atom is -0.452 e. The number of rotatable bonds is 8. The van der Waals surface area contributed by atoms with Gasteiger partial charge in [-0.1, -0.05) is 19.1 Å². The second-order valence-corrected chi connectivity index (χ2v) is 9.25. The number of nitrogens with zero attached hydrogens (tertiary/aromatic N) is 1. The Kier molecular flexibility index (Phi) is 7.95. The summed E-state index contributed by atoms with van der Waals surface area (Å²) in [7, 11) is -3.55. The molecule has 8 nitrogen and oxygen atoms in total. The molecule has 0 atom stereocenters. The molecule has 1 aromatic carbocycles. The van der Waals surface area contributed by atoms with Crippen molar-refractivity contribution in [2.24, 2.45) is 0 Å². The van der Waals surface area contributed by atoms with Crippen LogP contribution in [0.1, 0.15) is 32.8 Å². The van der Waals surface area contributed by atoms with Crippen molar-refractivity contribution in [1.82, 2.24) is 9.62 Å². The average molecular weight is 425 g/mol. The summed E-state index contributed by atoms with van der Waals surface area (Å²) in [6.07, 6.45) is 3.45. The Morgan fingerprint density at radius 3 is 2.41 bits per heavy atom. The van der Waals surface area contributed by atoms with Crippen LogP contribution in [0.25, 0.3) is 6.08 Å². The van der Waals surface area contributed by atoms with Gasteiger partial charge in [-0.3, -0.25) is 4.79 Å². The van der Waals surface area contributed by atoms with E-state index in [9.17, 15) is 18.0 Å². The summed E-state index contributed by atoms with van der Waals surface area (Å²) in [5.74, 6) is -1.02. The first-order chi connectivity index (χ1) is 13.6. The van der Waals surface area contributed by atoms with Gasteiger partial charge in [0.05, 0.1) is 18.1 Å². The van der Waals surface area contributed by atoms with Crippen LogP contribution in [0.5, 0.6) is 0 Å². The van der Waals surface area contributed by atoms with Crippen LogP contribution in [0.3, 0.4) is 0 Å². The first kappa shape index (κ1) is 23.1. The van der Waals surface area contributed by atoms with Crippen LogP contribution in [0.15, 0.2) is 35.2 Å². The molecule has 0 aromatic heterocycles. The Morgan fingerprint density at radius 1 is 1.21 bits per heavy atom. The van der Waals surface area contributed by atoms with Crippen molar-refractivity contribution in [1.29, 1.82) is 0 Å². The molecule has 0 unspecified atom stereocenters. The maximum atomic E-state index is 12.6. The van der Waals surface area contributed by atoms with Crippen LogP contribution >= 0.6 is 0 Å². The smallest absolute Gasteiger partial charge is 0.331 e. The van der Waals surface area contributed by atoms with Crippen molar-refractivity contribution in [3.05, 3.63) is 35.9 Å². The van der Waals surface area contributed by atoms with E-state index in [0.29, 0.717) is 31.9 Å². The maximum absolute atomic E-state index is 12.6.